The standard InChI is InChI=1S/C10H14O2S2/c1-3-13-7-5-6-8(14-4-2)10(12)9(7)11/h5-6,11-12H,3-4H2,1-2H3. The van der Waals surface area contributed by atoms with Crippen molar-refractivity contribution in [2.45, 2.75) is 23.6 Å². The Labute approximate surface area is 92.7 Å². The number of thioether (sulfide) groups is 2. The smallest absolute Gasteiger partial charge is 0.172 e. The molecule has 0 fully saturated rings. The number of rotatable bonds is 4. The Morgan fingerprint density at radius 2 is 1.29 bits per heavy atom. The number of benzene rings is 1. The summed E-state index contributed by atoms with van der Waals surface area (Å²) in [6.45, 7) is 4.02. The minimum atomic E-state index is 0.00954. The van der Waals surface area contributed by atoms with Gasteiger partial charge >= 0.3 is 0 Å². The summed E-state index contributed by atoms with van der Waals surface area (Å²) < 4.78 is 0. The molecule has 0 aliphatic rings. The third-order valence-electron chi connectivity index (χ3n) is 1.68. The van der Waals surface area contributed by atoms with Gasteiger partial charge in [-0.2, -0.15) is 0 Å². The summed E-state index contributed by atoms with van der Waals surface area (Å²) in [5.74, 6) is 1.78. The molecule has 14 heavy (non-hydrogen) atoms. The van der Waals surface area contributed by atoms with Gasteiger partial charge in [0.25, 0.3) is 0 Å². The van der Waals surface area contributed by atoms with Crippen LogP contribution in [0.1, 0.15) is 13.8 Å². The molecule has 0 atom stereocenters. The topological polar surface area (TPSA) is 40.5 Å². The first-order valence-corrected chi connectivity index (χ1v) is 6.48. The van der Waals surface area contributed by atoms with Crippen LogP contribution in [0.25, 0.3) is 0 Å². The van der Waals surface area contributed by atoms with Gasteiger partial charge in [-0.15, -0.1) is 23.5 Å². The predicted octanol–water partition coefficient (Wildman–Crippen LogP) is 3.32. The van der Waals surface area contributed by atoms with Gasteiger partial charge in [-0.3, -0.25) is 0 Å². The molecule has 2 nitrogen and oxygen atoms in total. The van der Waals surface area contributed by atoms with E-state index in [1.807, 2.05) is 26.0 Å². The molecular formula is C10H14O2S2. The monoisotopic (exact) mass is 230 g/mol. The number of aromatic hydroxyl groups is 2. The van der Waals surface area contributed by atoms with E-state index in [4.69, 9.17) is 0 Å². The lowest BCUT2D eigenvalue weighted by atomic mass is 10.3. The van der Waals surface area contributed by atoms with E-state index < -0.39 is 0 Å². The molecule has 2 N–H and O–H groups in total. The molecule has 0 radical (unpaired) electrons. The lowest BCUT2D eigenvalue weighted by Gasteiger charge is -2.08. The zero-order chi connectivity index (χ0) is 10.6. The third kappa shape index (κ3) is 2.51. The number of hydrogen-bond acceptors (Lipinski definition) is 4. The highest BCUT2D eigenvalue weighted by molar-refractivity contribution is 7.99. The van der Waals surface area contributed by atoms with Crippen molar-refractivity contribution in [2.75, 3.05) is 11.5 Å². The van der Waals surface area contributed by atoms with Crippen LogP contribution in [-0.4, -0.2) is 21.7 Å². The molecule has 0 aliphatic carbocycles. The minimum absolute atomic E-state index is 0.00954. The molecule has 1 rings (SSSR count). The summed E-state index contributed by atoms with van der Waals surface area (Å²) in [5.41, 5.74) is 0. The number of hydrogen-bond donors (Lipinski definition) is 2. The van der Waals surface area contributed by atoms with Crippen LogP contribution in [0.2, 0.25) is 0 Å². The maximum absolute atomic E-state index is 9.65. The third-order valence-corrected chi connectivity index (χ3v) is 3.54. The van der Waals surface area contributed by atoms with Crippen molar-refractivity contribution in [3.63, 3.8) is 0 Å². The Kier molecular flexibility index (Phi) is 4.48. The highest BCUT2D eigenvalue weighted by Crippen LogP contribution is 2.42. The molecule has 0 heterocycles. The Hall–Kier alpha value is -0.480. The van der Waals surface area contributed by atoms with Crippen LogP contribution in [0.4, 0.5) is 0 Å². The van der Waals surface area contributed by atoms with Crippen molar-refractivity contribution in [3.8, 4) is 11.5 Å². The quantitative estimate of drug-likeness (QED) is 0.615. The fourth-order valence-electron chi connectivity index (χ4n) is 1.09. The van der Waals surface area contributed by atoms with E-state index in [1.54, 1.807) is 0 Å². The van der Waals surface area contributed by atoms with E-state index in [9.17, 15) is 10.2 Å². The second-order valence-electron chi connectivity index (χ2n) is 2.63. The van der Waals surface area contributed by atoms with Gasteiger partial charge in [0.05, 0.1) is 9.79 Å². The first-order valence-electron chi connectivity index (χ1n) is 4.51. The highest BCUT2D eigenvalue weighted by atomic mass is 32.2. The number of phenolic OH excluding ortho intramolecular Hbond substituents is 2. The van der Waals surface area contributed by atoms with Crippen LogP contribution in [0.15, 0.2) is 21.9 Å². The summed E-state index contributed by atoms with van der Waals surface area (Å²) in [7, 11) is 0. The SMILES string of the molecule is CCSc1ccc(SCC)c(O)c1O. The fourth-order valence-corrected chi connectivity index (χ4v) is 2.50. The van der Waals surface area contributed by atoms with Crippen LogP contribution in [0.5, 0.6) is 11.5 Å². The molecule has 1 aromatic carbocycles. The molecular weight excluding hydrogens is 216 g/mol. The van der Waals surface area contributed by atoms with Gasteiger partial charge in [-0.1, -0.05) is 13.8 Å². The Morgan fingerprint density at radius 1 is 0.929 bits per heavy atom. The summed E-state index contributed by atoms with van der Waals surface area (Å²) in [6.07, 6.45) is 0. The molecule has 4 heteroatoms. The molecule has 0 amide bonds. The summed E-state index contributed by atoms with van der Waals surface area (Å²) in [5, 5.41) is 19.3. The molecule has 1 aromatic rings. The van der Waals surface area contributed by atoms with Crippen molar-refractivity contribution >= 4 is 23.5 Å². The van der Waals surface area contributed by atoms with Gasteiger partial charge in [-0.25, -0.2) is 0 Å². The highest BCUT2D eigenvalue weighted by Gasteiger charge is 2.11. The predicted molar refractivity (Wildman–Crippen MR) is 62.6 cm³/mol. The average Bonchev–Trinajstić information content (AvgIpc) is 2.18. The maximum atomic E-state index is 9.65. The van der Waals surface area contributed by atoms with Crippen LogP contribution in [0, 0.1) is 0 Å². The number of phenols is 2. The molecule has 0 spiro atoms. The van der Waals surface area contributed by atoms with Gasteiger partial charge in [0.2, 0.25) is 0 Å². The van der Waals surface area contributed by atoms with E-state index in [2.05, 4.69) is 0 Å². The molecule has 0 unspecified atom stereocenters. The van der Waals surface area contributed by atoms with Crippen molar-refractivity contribution in [3.05, 3.63) is 12.1 Å². The van der Waals surface area contributed by atoms with E-state index in [1.165, 1.54) is 23.5 Å². The Bertz CT molecular complexity index is 282. The normalized spacial score (nSPS) is 10.4. The van der Waals surface area contributed by atoms with E-state index in [0.717, 1.165) is 21.3 Å². The molecule has 0 aliphatic heterocycles. The van der Waals surface area contributed by atoms with Crippen molar-refractivity contribution in [1.29, 1.82) is 0 Å². The van der Waals surface area contributed by atoms with Gasteiger partial charge in [0, 0.05) is 0 Å². The first kappa shape index (κ1) is 11.6. The summed E-state index contributed by atoms with van der Waals surface area (Å²) in [4.78, 5) is 1.48. The zero-order valence-electron chi connectivity index (χ0n) is 8.28. The largest absolute Gasteiger partial charge is 0.503 e. The lowest BCUT2D eigenvalue weighted by molar-refractivity contribution is 0.386. The first-order chi connectivity index (χ1) is 6.70. The molecule has 0 saturated heterocycles. The molecule has 0 saturated carbocycles. The van der Waals surface area contributed by atoms with Crippen molar-refractivity contribution < 1.29 is 10.2 Å². The van der Waals surface area contributed by atoms with Gasteiger partial charge < -0.3 is 10.2 Å². The van der Waals surface area contributed by atoms with Gasteiger partial charge in [0.15, 0.2) is 11.5 Å². The lowest BCUT2D eigenvalue weighted by Crippen LogP contribution is -1.80. The van der Waals surface area contributed by atoms with E-state index in [0.29, 0.717) is 0 Å². The molecule has 0 aromatic heterocycles. The van der Waals surface area contributed by atoms with Gasteiger partial charge in [0.1, 0.15) is 0 Å². The van der Waals surface area contributed by atoms with E-state index in [-0.39, 0.29) is 11.5 Å². The van der Waals surface area contributed by atoms with E-state index >= 15 is 0 Å². The Morgan fingerprint density at radius 3 is 1.57 bits per heavy atom. The maximum Gasteiger partial charge on any atom is 0.172 e. The second-order valence-corrected chi connectivity index (χ2v) is 5.24. The van der Waals surface area contributed by atoms with Crippen LogP contribution in [-0.2, 0) is 0 Å². The summed E-state index contributed by atoms with van der Waals surface area (Å²) >= 11 is 3.05. The summed E-state index contributed by atoms with van der Waals surface area (Å²) in [6, 6.07) is 3.70. The molecule has 0 bridgehead atoms. The average molecular weight is 230 g/mol. The van der Waals surface area contributed by atoms with Crippen LogP contribution < -0.4 is 0 Å². The van der Waals surface area contributed by atoms with Gasteiger partial charge in [-0.05, 0) is 23.6 Å². The van der Waals surface area contributed by atoms with Crippen molar-refractivity contribution in [2.24, 2.45) is 0 Å². The Balaban J connectivity index is 2.99. The van der Waals surface area contributed by atoms with Crippen LogP contribution in [0.3, 0.4) is 0 Å². The van der Waals surface area contributed by atoms with Crippen LogP contribution >= 0.6 is 23.5 Å². The minimum Gasteiger partial charge on any atom is -0.503 e. The van der Waals surface area contributed by atoms with Crippen molar-refractivity contribution in [1.82, 2.24) is 0 Å². The molecule has 78 valence electrons. The fraction of sp³-hybridized carbons (Fsp3) is 0.400. The zero-order valence-corrected chi connectivity index (χ0v) is 9.91. The second kappa shape index (κ2) is 5.41.